The van der Waals surface area contributed by atoms with Crippen LogP contribution < -0.4 is 0 Å². The standard InChI is InChI=1S/C15H20/c1-4-14(12-13(2)3)10-11-15-8-6-5-7-9-15/h5-9,13-14H,4,12H2,1-3H3. The van der Waals surface area contributed by atoms with E-state index in [9.17, 15) is 0 Å². The van der Waals surface area contributed by atoms with Gasteiger partial charge in [-0.3, -0.25) is 0 Å². The normalized spacial score (nSPS) is 12.0. The van der Waals surface area contributed by atoms with Gasteiger partial charge in [0.25, 0.3) is 0 Å². The lowest BCUT2D eigenvalue weighted by Gasteiger charge is -2.09. The van der Waals surface area contributed by atoms with Crippen LogP contribution >= 0.6 is 0 Å². The lowest BCUT2D eigenvalue weighted by molar-refractivity contribution is 0.477. The van der Waals surface area contributed by atoms with E-state index in [1.165, 1.54) is 6.42 Å². The van der Waals surface area contributed by atoms with Crippen molar-refractivity contribution in [3.8, 4) is 11.8 Å². The van der Waals surface area contributed by atoms with Gasteiger partial charge in [0.05, 0.1) is 0 Å². The zero-order valence-corrected chi connectivity index (χ0v) is 9.96. The zero-order valence-electron chi connectivity index (χ0n) is 9.96. The van der Waals surface area contributed by atoms with Crippen molar-refractivity contribution in [1.29, 1.82) is 0 Å². The Hall–Kier alpha value is -1.22. The van der Waals surface area contributed by atoms with Gasteiger partial charge in [0.1, 0.15) is 0 Å². The molecule has 0 spiro atoms. The maximum atomic E-state index is 3.37. The molecule has 0 saturated carbocycles. The summed E-state index contributed by atoms with van der Waals surface area (Å²) in [5, 5.41) is 0. The fourth-order valence-electron chi connectivity index (χ4n) is 1.60. The smallest absolute Gasteiger partial charge is 0.0245 e. The van der Waals surface area contributed by atoms with Crippen LogP contribution in [-0.4, -0.2) is 0 Å². The van der Waals surface area contributed by atoms with E-state index in [1.54, 1.807) is 0 Å². The van der Waals surface area contributed by atoms with Crippen molar-refractivity contribution in [3.05, 3.63) is 35.9 Å². The molecule has 80 valence electrons. The number of hydrogen-bond acceptors (Lipinski definition) is 0. The molecule has 1 rings (SSSR count). The maximum absolute atomic E-state index is 3.37. The molecule has 0 heterocycles. The van der Waals surface area contributed by atoms with Crippen LogP contribution in [-0.2, 0) is 0 Å². The van der Waals surface area contributed by atoms with Crippen molar-refractivity contribution >= 4 is 0 Å². The van der Waals surface area contributed by atoms with Crippen LogP contribution in [0.5, 0.6) is 0 Å². The van der Waals surface area contributed by atoms with E-state index in [-0.39, 0.29) is 0 Å². The average Bonchev–Trinajstić information content (AvgIpc) is 2.25. The molecular formula is C15H20. The first-order valence-corrected chi connectivity index (χ1v) is 5.79. The highest BCUT2D eigenvalue weighted by Crippen LogP contribution is 2.14. The first-order valence-electron chi connectivity index (χ1n) is 5.79. The Morgan fingerprint density at radius 1 is 1.13 bits per heavy atom. The minimum absolute atomic E-state index is 0.546. The Morgan fingerprint density at radius 3 is 2.33 bits per heavy atom. The van der Waals surface area contributed by atoms with Crippen LogP contribution in [0.1, 0.15) is 39.2 Å². The van der Waals surface area contributed by atoms with Gasteiger partial charge in [0.15, 0.2) is 0 Å². The van der Waals surface area contributed by atoms with Gasteiger partial charge in [-0.1, -0.05) is 50.8 Å². The van der Waals surface area contributed by atoms with Crippen molar-refractivity contribution in [2.45, 2.75) is 33.6 Å². The molecule has 0 saturated heterocycles. The van der Waals surface area contributed by atoms with E-state index in [0.29, 0.717) is 5.92 Å². The van der Waals surface area contributed by atoms with Crippen molar-refractivity contribution in [2.75, 3.05) is 0 Å². The lowest BCUT2D eigenvalue weighted by atomic mass is 9.95. The molecule has 0 radical (unpaired) electrons. The minimum atomic E-state index is 0.546. The highest BCUT2D eigenvalue weighted by atomic mass is 14.1. The fourth-order valence-corrected chi connectivity index (χ4v) is 1.60. The van der Waals surface area contributed by atoms with E-state index in [4.69, 9.17) is 0 Å². The van der Waals surface area contributed by atoms with Gasteiger partial charge in [0, 0.05) is 11.5 Å². The summed E-state index contributed by atoms with van der Waals surface area (Å²) in [5.74, 6) is 7.90. The molecule has 0 aliphatic carbocycles. The van der Waals surface area contributed by atoms with E-state index in [1.807, 2.05) is 18.2 Å². The summed E-state index contributed by atoms with van der Waals surface area (Å²) in [5.41, 5.74) is 1.12. The topological polar surface area (TPSA) is 0 Å². The summed E-state index contributed by atoms with van der Waals surface area (Å²) >= 11 is 0. The first-order chi connectivity index (χ1) is 7.22. The Balaban J connectivity index is 2.62. The van der Waals surface area contributed by atoms with Crippen LogP contribution in [0.25, 0.3) is 0 Å². The summed E-state index contributed by atoms with van der Waals surface area (Å²) in [6, 6.07) is 10.2. The summed E-state index contributed by atoms with van der Waals surface area (Å²) < 4.78 is 0. The van der Waals surface area contributed by atoms with E-state index in [2.05, 4.69) is 44.7 Å². The Bertz CT molecular complexity index is 324. The number of rotatable bonds is 3. The molecule has 0 heteroatoms. The molecule has 0 aliphatic heterocycles. The molecule has 0 aromatic heterocycles. The monoisotopic (exact) mass is 200 g/mol. The van der Waals surface area contributed by atoms with E-state index < -0.39 is 0 Å². The zero-order chi connectivity index (χ0) is 11.1. The Kier molecular flexibility index (Phi) is 4.98. The molecule has 0 N–H and O–H groups in total. The van der Waals surface area contributed by atoms with Crippen LogP contribution in [0.2, 0.25) is 0 Å². The molecule has 0 nitrogen and oxygen atoms in total. The molecule has 1 aromatic rings. The summed E-state index contributed by atoms with van der Waals surface area (Å²) in [6.45, 7) is 6.73. The van der Waals surface area contributed by atoms with Gasteiger partial charge < -0.3 is 0 Å². The predicted molar refractivity (Wildman–Crippen MR) is 66.6 cm³/mol. The van der Waals surface area contributed by atoms with E-state index >= 15 is 0 Å². The summed E-state index contributed by atoms with van der Waals surface area (Å²) in [4.78, 5) is 0. The van der Waals surface area contributed by atoms with Gasteiger partial charge in [-0.05, 0) is 30.9 Å². The summed E-state index contributed by atoms with van der Waals surface area (Å²) in [6.07, 6.45) is 2.36. The van der Waals surface area contributed by atoms with Gasteiger partial charge in [-0.15, -0.1) is 0 Å². The van der Waals surface area contributed by atoms with Gasteiger partial charge >= 0.3 is 0 Å². The van der Waals surface area contributed by atoms with Crippen molar-refractivity contribution < 1.29 is 0 Å². The molecule has 0 amide bonds. The Labute approximate surface area is 93.7 Å². The minimum Gasteiger partial charge on any atom is -0.0945 e. The van der Waals surface area contributed by atoms with Crippen LogP contribution in [0.15, 0.2) is 30.3 Å². The highest BCUT2D eigenvalue weighted by molar-refractivity contribution is 5.34. The number of benzene rings is 1. The summed E-state index contributed by atoms with van der Waals surface area (Å²) in [7, 11) is 0. The Morgan fingerprint density at radius 2 is 1.80 bits per heavy atom. The second-order valence-corrected chi connectivity index (χ2v) is 4.37. The quantitative estimate of drug-likeness (QED) is 0.644. The third-order valence-electron chi connectivity index (χ3n) is 2.44. The fraction of sp³-hybridized carbons (Fsp3) is 0.467. The average molecular weight is 200 g/mol. The molecular weight excluding hydrogens is 180 g/mol. The third-order valence-corrected chi connectivity index (χ3v) is 2.44. The third kappa shape index (κ3) is 4.70. The maximum Gasteiger partial charge on any atom is 0.0245 e. The molecule has 15 heavy (non-hydrogen) atoms. The SMILES string of the molecule is CCC(C#Cc1ccccc1)CC(C)C. The van der Waals surface area contributed by atoms with Gasteiger partial charge in [0.2, 0.25) is 0 Å². The van der Waals surface area contributed by atoms with Crippen molar-refractivity contribution in [1.82, 2.24) is 0 Å². The van der Waals surface area contributed by atoms with E-state index in [0.717, 1.165) is 17.9 Å². The predicted octanol–water partition coefficient (Wildman–Crippen LogP) is 4.11. The van der Waals surface area contributed by atoms with Crippen LogP contribution in [0.4, 0.5) is 0 Å². The van der Waals surface area contributed by atoms with Crippen molar-refractivity contribution in [2.24, 2.45) is 11.8 Å². The molecule has 1 unspecified atom stereocenters. The lowest BCUT2D eigenvalue weighted by Crippen LogP contribution is -2.00. The molecule has 0 fully saturated rings. The van der Waals surface area contributed by atoms with Gasteiger partial charge in [-0.25, -0.2) is 0 Å². The van der Waals surface area contributed by atoms with Crippen LogP contribution in [0.3, 0.4) is 0 Å². The molecule has 1 atom stereocenters. The second-order valence-electron chi connectivity index (χ2n) is 4.37. The van der Waals surface area contributed by atoms with Crippen molar-refractivity contribution in [3.63, 3.8) is 0 Å². The van der Waals surface area contributed by atoms with Crippen LogP contribution in [0, 0.1) is 23.7 Å². The molecule has 0 aliphatic rings. The second kappa shape index (κ2) is 6.30. The van der Waals surface area contributed by atoms with Gasteiger partial charge in [-0.2, -0.15) is 0 Å². The highest BCUT2D eigenvalue weighted by Gasteiger charge is 2.04. The largest absolute Gasteiger partial charge is 0.0945 e. The number of hydrogen-bond donors (Lipinski definition) is 0. The molecule has 0 bridgehead atoms. The first kappa shape index (κ1) is 11.9. The molecule has 1 aromatic carbocycles.